The number of hydrogen-bond donors (Lipinski definition) is 0. The molecule has 28 heavy (non-hydrogen) atoms. The molecule has 140 valence electrons. The van der Waals surface area contributed by atoms with E-state index in [4.69, 9.17) is 21.1 Å². The molecule has 0 radical (unpaired) electrons. The summed E-state index contributed by atoms with van der Waals surface area (Å²) in [5.41, 5.74) is 1.68. The number of carbonyl (C=O) groups is 2. The summed E-state index contributed by atoms with van der Waals surface area (Å²) in [7, 11) is 0. The van der Waals surface area contributed by atoms with Gasteiger partial charge in [-0.2, -0.15) is 0 Å². The Balaban J connectivity index is 1.58. The summed E-state index contributed by atoms with van der Waals surface area (Å²) >= 11 is 7.75. The number of benzene rings is 2. The van der Waals surface area contributed by atoms with Crippen molar-refractivity contribution < 1.29 is 19.1 Å². The maximum absolute atomic E-state index is 12.6. The van der Waals surface area contributed by atoms with Crippen LogP contribution in [0.2, 0.25) is 0 Å². The monoisotopic (exact) mass is 410 g/mol. The van der Waals surface area contributed by atoms with Gasteiger partial charge in [0.05, 0.1) is 5.56 Å². The van der Waals surface area contributed by atoms with E-state index in [1.807, 2.05) is 23.6 Å². The average molecular weight is 411 g/mol. The molecule has 0 bridgehead atoms. The Bertz CT molecular complexity index is 1070. The van der Waals surface area contributed by atoms with Crippen LogP contribution in [0.15, 0.2) is 65.7 Å². The molecule has 2 heterocycles. The molecule has 0 fully saturated rings. The van der Waals surface area contributed by atoms with Crippen LogP contribution in [0, 0.1) is 6.92 Å². The molecule has 3 aromatic rings. The zero-order chi connectivity index (χ0) is 19.7. The molecule has 2 aromatic carbocycles. The topological polar surface area (TPSA) is 52.6 Å². The van der Waals surface area contributed by atoms with Crippen molar-refractivity contribution in [3.8, 4) is 11.5 Å². The lowest BCUT2D eigenvalue weighted by Gasteiger charge is -2.13. The number of alkyl halides is 1. The number of allylic oxidation sites excluding steroid dienone is 1. The molecular formula is C22H15ClO4S. The molecule has 0 saturated heterocycles. The quantitative estimate of drug-likeness (QED) is 0.244. The Morgan fingerprint density at radius 2 is 1.93 bits per heavy atom. The Morgan fingerprint density at radius 1 is 1.14 bits per heavy atom. The van der Waals surface area contributed by atoms with Gasteiger partial charge >= 0.3 is 5.97 Å². The van der Waals surface area contributed by atoms with Crippen LogP contribution in [-0.4, -0.2) is 11.8 Å². The van der Waals surface area contributed by atoms with Crippen molar-refractivity contribution in [1.82, 2.24) is 0 Å². The van der Waals surface area contributed by atoms with Crippen molar-refractivity contribution in [3.05, 3.63) is 87.3 Å². The molecule has 1 aromatic heterocycles. The molecule has 0 saturated carbocycles. The number of carbonyl (C=O) groups excluding carboxylic acids is 2. The molecule has 0 spiro atoms. The summed E-state index contributed by atoms with van der Waals surface area (Å²) < 4.78 is 11.3. The number of rotatable bonds is 4. The summed E-state index contributed by atoms with van der Waals surface area (Å²) in [6.45, 7) is 1.74. The number of fused-ring (bicyclic) bond motifs is 1. The molecule has 0 aliphatic carbocycles. The summed E-state index contributed by atoms with van der Waals surface area (Å²) in [5, 5.41) is 1.00. The lowest BCUT2D eigenvalue weighted by Crippen LogP contribution is -2.15. The van der Waals surface area contributed by atoms with Crippen molar-refractivity contribution in [2.45, 2.75) is 12.3 Å². The van der Waals surface area contributed by atoms with Crippen molar-refractivity contribution in [3.63, 3.8) is 0 Å². The van der Waals surface area contributed by atoms with Gasteiger partial charge in [0.1, 0.15) is 11.5 Å². The summed E-state index contributed by atoms with van der Waals surface area (Å²) in [6.07, 6.45) is 1.71. The normalized spacial score (nSPS) is 15.2. The van der Waals surface area contributed by atoms with Crippen LogP contribution in [0.25, 0.3) is 6.08 Å². The third-order valence-electron chi connectivity index (χ3n) is 4.36. The van der Waals surface area contributed by atoms with Gasteiger partial charge in [-0.1, -0.05) is 36.4 Å². The molecule has 1 unspecified atom stereocenters. The van der Waals surface area contributed by atoms with E-state index in [0.29, 0.717) is 28.2 Å². The zero-order valence-corrected chi connectivity index (χ0v) is 16.4. The third-order valence-corrected chi connectivity index (χ3v) is 5.61. The predicted octanol–water partition coefficient (Wildman–Crippen LogP) is 5.56. The molecular weight excluding hydrogens is 396 g/mol. The molecule has 0 N–H and O–H groups in total. The number of esters is 1. The van der Waals surface area contributed by atoms with Gasteiger partial charge in [-0.15, -0.1) is 22.9 Å². The van der Waals surface area contributed by atoms with E-state index >= 15 is 0 Å². The molecule has 0 amide bonds. The number of ketones is 1. The Labute approximate surface area is 171 Å². The summed E-state index contributed by atoms with van der Waals surface area (Å²) in [6, 6.07) is 16.0. The van der Waals surface area contributed by atoms with E-state index in [0.717, 1.165) is 4.88 Å². The second-order valence-corrected chi connectivity index (χ2v) is 7.63. The van der Waals surface area contributed by atoms with Crippen LogP contribution in [0.5, 0.6) is 11.5 Å². The van der Waals surface area contributed by atoms with E-state index in [1.165, 1.54) is 11.3 Å². The molecule has 1 aliphatic rings. The standard InChI is InChI=1S/C22H15ClO4S/c1-13-17(27-22(25)19(23)14-6-3-2-4-7-14)10-9-16-20(24)18(26-21(13)16)12-15-8-5-11-28-15/h2-12,19H,1H3/b18-12-. The highest BCUT2D eigenvalue weighted by Gasteiger charge is 2.31. The van der Waals surface area contributed by atoms with Gasteiger partial charge in [-0.25, -0.2) is 4.79 Å². The highest BCUT2D eigenvalue weighted by Crippen LogP contribution is 2.40. The molecule has 1 atom stereocenters. The van der Waals surface area contributed by atoms with Gasteiger partial charge < -0.3 is 9.47 Å². The second kappa shape index (κ2) is 7.62. The van der Waals surface area contributed by atoms with Crippen LogP contribution in [-0.2, 0) is 4.79 Å². The van der Waals surface area contributed by atoms with Crippen LogP contribution in [0.1, 0.15) is 31.7 Å². The van der Waals surface area contributed by atoms with Crippen LogP contribution >= 0.6 is 22.9 Å². The van der Waals surface area contributed by atoms with E-state index in [-0.39, 0.29) is 11.5 Å². The SMILES string of the molecule is Cc1c(OC(=O)C(Cl)c2ccccc2)ccc2c1O/C(=C\c1cccs1)C2=O. The Kier molecular flexibility index (Phi) is 5.03. The third kappa shape index (κ3) is 3.46. The van der Waals surface area contributed by atoms with E-state index in [2.05, 4.69) is 0 Å². The van der Waals surface area contributed by atoms with Crippen molar-refractivity contribution in [1.29, 1.82) is 0 Å². The van der Waals surface area contributed by atoms with Crippen LogP contribution in [0.3, 0.4) is 0 Å². The first-order valence-electron chi connectivity index (χ1n) is 8.56. The highest BCUT2D eigenvalue weighted by molar-refractivity contribution is 7.10. The largest absolute Gasteiger partial charge is 0.452 e. The number of ether oxygens (including phenoxy) is 2. The van der Waals surface area contributed by atoms with Gasteiger partial charge in [0.2, 0.25) is 5.78 Å². The van der Waals surface area contributed by atoms with E-state index in [1.54, 1.807) is 49.4 Å². The fraction of sp³-hybridized carbons (Fsp3) is 0.0909. The highest BCUT2D eigenvalue weighted by atomic mass is 35.5. The van der Waals surface area contributed by atoms with Gasteiger partial charge in [0.15, 0.2) is 11.1 Å². The maximum Gasteiger partial charge on any atom is 0.334 e. The first kappa shape index (κ1) is 18.5. The van der Waals surface area contributed by atoms with Crippen molar-refractivity contribution in [2.24, 2.45) is 0 Å². The minimum Gasteiger partial charge on any atom is -0.452 e. The summed E-state index contributed by atoms with van der Waals surface area (Å²) in [4.78, 5) is 25.9. The molecule has 4 nitrogen and oxygen atoms in total. The van der Waals surface area contributed by atoms with E-state index < -0.39 is 11.3 Å². The second-order valence-electron chi connectivity index (χ2n) is 6.21. The fourth-order valence-electron chi connectivity index (χ4n) is 2.90. The average Bonchev–Trinajstić information content (AvgIpc) is 3.33. The lowest BCUT2D eigenvalue weighted by molar-refractivity contribution is -0.134. The summed E-state index contributed by atoms with van der Waals surface area (Å²) in [5.74, 6) is 0.196. The van der Waals surface area contributed by atoms with Crippen molar-refractivity contribution >= 4 is 40.8 Å². The molecule has 1 aliphatic heterocycles. The van der Waals surface area contributed by atoms with E-state index in [9.17, 15) is 9.59 Å². The maximum atomic E-state index is 12.6. The Morgan fingerprint density at radius 3 is 2.64 bits per heavy atom. The fourth-order valence-corrected chi connectivity index (χ4v) is 3.74. The zero-order valence-electron chi connectivity index (χ0n) is 14.8. The number of thiophene rings is 1. The lowest BCUT2D eigenvalue weighted by atomic mass is 10.1. The van der Waals surface area contributed by atoms with Crippen LogP contribution in [0.4, 0.5) is 0 Å². The number of Topliss-reactive ketones (excluding diaryl/α,β-unsaturated/α-hetero) is 1. The van der Waals surface area contributed by atoms with Gasteiger partial charge in [0, 0.05) is 16.5 Å². The predicted molar refractivity (Wildman–Crippen MR) is 109 cm³/mol. The number of halogens is 1. The minimum absolute atomic E-state index is 0.191. The molecule has 6 heteroatoms. The van der Waals surface area contributed by atoms with Gasteiger partial charge in [-0.05, 0) is 36.1 Å². The van der Waals surface area contributed by atoms with Gasteiger partial charge in [0.25, 0.3) is 0 Å². The van der Waals surface area contributed by atoms with Crippen LogP contribution < -0.4 is 9.47 Å². The minimum atomic E-state index is -0.925. The number of hydrogen-bond acceptors (Lipinski definition) is 5. The smallest absolute Gasteiger partial charge is 0.334 e. The van der Waals surface area contributed by atoms with Gasteiger partial charge in [-0.3, -0.25) is 4.79 Å². The Hall–Kier alpha value is -2.89. The molecule has 4 rings (SSSR count). The first-order valence-corrected chi connectivity index (χ1v) is 9.88. The van der Waals surface area contributed by atoms with Crippen molar-refractivity contribution in [2.75, 3.05) is 0 Å². The first-order chi connectivity index (χ1) is 13.5.